The average Bonchev–Trinajstić information content (AvgIpc) is 3.36. The van der Waals surface area contributed by atoms with Gasteiger partial charge in [-0.2, -0.15) is 0 Å². The van der Waals surface area contributed by atoms with Crippen LogP contribution in [0.5, 0.6) is 0 Å². The third-order valence-electron chi connectivity index (χ3n) is 4.11. The molecule has 0 saturated carbocycles. The molecule has 1 saturated heterocycles. The molecule has 132 valence electrons. The molecular weight excluding hydrogens is 348 g/mol. The molecule has 26 heavy (non-hydrogen) atoms. The quantitative estimate of drug-likeness (QED) is 0.712. The highest BCUT2D eigenvalue weighted by Crippen LogP contribution is 2.27. The summed E-state index contributed by atoms with van der Waals surface area (Å²) in [5, 5.41) is 8.99. The van der Waals surface area contributed by atoms with Crippen molar-refractivity contribution in [3.05, 3.63) is 54.2 Å². The van der Waals surface area contributed by atoms with Crippen LogP contribution in [0.4, 0.5) is 16.5 Å². The lowest BCUT2D eigenvalue weighted by atomic mass is 10.2. The maximum Gasteiger partial charge on any atom is 0.253 e. The fourth-order valence-electron chi connectivity index (χ4n) is 2.75. The van der Waals surface area contributed by atoms with Gasteiger partial charge >= 0.3 is 0 Å². The Morgan fingerprint density at radius 2 is 1.88 bits per heavy atom. The highest BCUT2D eigenvalue weighted by Gasteiger charge is 2.23. The fraction of sp³-hybridized carbons (Fsp3) is 0.211. The molecule has 1 unspecified atom stereocenters. The SMILES string of the molecule is O=C(Nc1ccc(Nc2nc(-c3ccncc3)cs2)cc1)C1CCCO1. The smallest absolute Gasteiger partial charge is 0.253 e. The maximum absolute atomic E-state index is 12.1. The van der Waals surface area contributed by atoms with Gasteiger partial charge in [0.05, 0.1) is 5.69 Å². The lowest BCUT2D eigenvalue weighted by Crippen LogP contribution is -2.26. The molecule has 1 aliphatic heterocycles. The van der Waals surface area contributed by atoms with E-state index in [9.17, 15) is 4.79 Å². The van der Waals surface area contributed by atoms with Crippen LogP contribution in [-0.2, 0) is 9.53 Å². The van der Waals surface area contributed by atoms with Crippen molar-refractivity contribution in [1.29, 1.82) is 0 Å². The summed E-state index contributed by atoms with van der Waals surface area (Å²) >= 11 is 1.54. The van der Waals surface area contributed by atoms with Gasteiger partial charge in [-0.05, 0) is 49.2 Å². The van der Waals surface area contributed by atoms with E-state index in [1.54, 1.807) is 23.7 Å². The van der Waals surface area contributed by atoms with E-state index in [4.69, 9.17) is 4.74 Å². The van der Waals surface area contributed by atoms with Gasteiger partial charge in [-0.3, -0.25) is 9.78 Å². The van der Waals surface area contributed by atoms with E-state index in [0.717, 1.165) is 40.6 Å². The Bertz CT molecular complexity index is 874. The van der Waals surface area contributed by atoms with Crippen molar-refractivity contribution in [2.75, 3.05) is 17.2 Å². The number of thiazole rings is 1. The molecule has 3 heterocycles. The van der Waals surface area contributed by atoms with Crippen molar-refractivity contribution >= 4 is 33.8 Å². The average molecular weight is 366 g/mol. The van der Waals surface area contributed by atoms with E-state index in [-0.39, 0.29) is 12.0 Å². The summed E-state index contributed by atoms with van der Waals surface area (Å²) in [4.78, 5) is 20.7. The van der Waals surface area contributed by atoms with Crippen LogP contribution in [0.3, 0.4) is 0 Å². The van der Waals surface area contributed by atoms with Crippen LogP contribution in [0.1, 0.15) is 12.8 Å². The zero-order valence-electron chi connectivity index (χ0n) is 14.0. The minimum absolute atomic E-state index is 0.0786. The predicted octanol–water partition coefficient (Wildman–Crippen LogP) is 4.07. The number of nitrogens with zero attached hydrogens (tertiary/aromatic N) is 2. The summed E-state index contributed by atoms with van der Waals surface area (Å²) in [6.45, 7) is 0.663. The summed E-state index contributed by atoms with van der Waals surface area (Å²) < 4.78 is 5.39. The fourth-order valence-corrected chi connectivity index (χ4v) is 3.49. The first-order valence-electron chi connectivity index (χ1n) is 8.43. The summed E-state index contributed by atoms with van der Waals surface area (Å²) in [5.41, 5.74) is 3.63. The van der Waals surface area contributed by atoms with Gasteiger partial charge in [-0.1, -0.05) is 0 Å². The number of rotatable bonds is 5. The number of carbonyl (C=O) groups is 1. The Morgan fingerprint density at radius 1 is 1.12 bits per heavy atom. The number of anilines is 3. The minimum Gasteiger partial charge on any atom is -0.368 e. The molecule has 6 nitrogen and oxygen atoms in total. The number of nitrogens with one attached hydrogen (secondary N) is 2. The first-order chi connectivity index (χ1) is 12.8. The molecule has 2 aromatic heterocycles. The Morgan fingerprint density at radius 3 is 2.62 bits per heavy atom. The van der Waals surface area contributed by atoms with Crippen LogP contribution in [0.15, 0.2) is 54.2 Å². The molecule has 1 aromatic carbocycles. The molecule has 0 aliphatic carbocycles. The second-order valence-corrected chi connectivity index (χ2v) is 6.83. The number of amides is 1. The van der Waals surface area contributed by atoms with Crippen LogP contribution in [0.2, 0.25) is 0 Å². The van der Waals surface area contributed by atoms with E-state index in [1.165, 1.54) is 0 Å². The Hall–Kier alpha value is -2.77. The summed E-state index contributed by atoms with van der Waals surface area (Å²) in [5.74, 6) is -0.0786. The predicted molar refractivity (Wildman–Crippen MR) is 103 cm³/mol. The van der Waals surface area contributed by atoms with Gasteiger partial charge in [0.25, 0.3) is 5.91 Å². The van der Waals surface area contributed by atoms with Gasteiger partial charge in [-0.15, -0.1) is 11.3 Å². The first kappa shape index (κ1) is 16.7. The minimum atomic E-state index is -0.324. The number of carbonyl (C=O) groups excluding carboxylic acids is 1. The van der Waals surface area contributed by atoms with Crippen LogP contribution < -0.4 is 10.6 Å². The Balaban J connectivity index is 1.38. The molecule has 1 aliphatic rings. The van der Waals surface area contributed by atoms with Crippen molar-refractivity contribution in [1.82, 2.24) is 9.97 Å². The first-order valence-corrected chi connectivity index (χ1v) is 9.31. The van der Waals surface area contributed by atoms with E-state index < -0.39 is 0 Å². The zero-order chi connectivity index (χ0) is 17.8. The molecule has 7 heteroatoms. The number of pyridine rings is 1. The third-order valence-corrected chi connectivity index (χ3v) is 4.86. The number of benzene rings is 1. The highest BCUT2D eigenvalue weighted by atomic mass is 32.1. The van der Waals surface area contributed by atoms with Crippen LogP contribution in [0.25, 0.3) is 11.3 Å². The number of hydrogen-bond acceptors (Lipinski definition) is 6. The molecule has 1 atom stereocenters. The largest absolute Gasteiger partial charge is 0.368 e. The van der Waals surface area contributed by atoms with Crippen molar-refractivity contribution in [3.8, 4) is 11.3 Å². The van der Waals surface area contributed by atoms with Crippen molar-refractivity contribution in [2.45, 2.75) is 18.9 Å². The second kappa shape index (κ2) is 7.63. The molecule has 1 fully saturated rings. The highest BCUT2D eigenvalue weighted by molar-refractivity contribution is 7.14. The van der Waals surface area contributed by atoms with E-state index >= 15 is 0 Å². The van der Waals surface area contributed by atoms with Crippen LogP contribution in [0, 0.1) is 0 Å². The third kappa shape index (κ3) is 3.89. The van der Waals surface area contributed by atoms with Gasteiger partial charge in [0, 0.05) is 41.3 Å². The van der Waals surface area contributed by atoms with Gasteiger partial charge < -0.3 is 15.4 Å². The van der Waals surface area contributed by atoms with Crippen LogP contribution >= 0.6 is 11.3 Å². The van der Waals surface area contributed by atoms with Crippen molar-refractivity contribution in [3.63, 3.8) is 0 Å². The summed E-state index contributed by atoms with van der Waals surface area (Å²) in [6.07, 6.45) is 4.91. The Kier molecular flexibility index (Phi) is 4.90. The van der Waals surface area contributed by atoms with Gasteiger partial charge in [0.2, 0.25) is 0 Å². The zero-order valence-corrected chi connectivity index (χ0v) is 14.8. The maximum atomic E-state index is 12.1. The van der Waals surface area contributed by atoms with Gasteiger partial charge in [0.1, 0.15) is 6.10 Å². The number of aromatic nitrogens is 2. The number of hydrogen-bond donors (Lipinski definition) is 2. The lowest BCUT2D eigenvalue weighted by Gasteiger charge is -2.11. The Labute approximate surface area is 155 Å². The standard InChI is InChI=1S/C19H18N4O2S/c24-18(17-2-1-11-25-17)21-14-3-5-15(6-4-14)22-19-23-16(12-26-19)13-7-9-20-10-8-13/h3-10,12,17H,1-2,11H2,(H,21,24)(H,22,23). The van der Waals surface area contributed by atoms with Crippen molar-refractivity contribution in [2.24, 2.45) is 0 Å². The lowest BCUT2D eigenvalue weighted by molar-refractivity contribution is -0.124. The molecule has 0 radical (unpaired) electrons. The van der Waals surface area contributed by atoms with E-state index in [2.05, 4.69) is 20.6 Å². The summed E-state index contributed by atoms with van der Waals surface area (Å²) in [6, 6.07) is 11.4. The monoisotopic (exact) mass is 366 g/mol. The van der Waals surface area contributed by atoms with Crippen LogP contribution in [-0.4, -0.2) is 28.6 Å². The molecule has 0 spiro atoms. The second-order valence-electron chi connectivity index (χ2n) is 5.97. The molecule has 2 N–H and O–H groups in total. The molecular formula is C19H18N4O2S. The number of ether oxygens (including phenoxy) is 1. The topological polar surface area (TPSA) is 76.1 Å². The van der Waals surface area contributed by atoms with Gasteiger partial charge in [0.15, 0.2) is 5.13 Å². The van der Waals surface area contributed by atoms with Gasteiger partial charge in [-0.25, -0.2) is 4.98 Å². The molecule has 4 rings (SSSR count). The normalized spacial score (nSPS) is 16.4. The summed E-state index contributed by atoms with van der Waals surface area (Å²) in [7, 11) is 0. The molecule has 3 aromatic rings. The van der Waals surface area contributed by atoms with E-state index in [1.807, 2.05) is 41.8 Å². The molecule has 1 amide bonds. The van der Waals surface area contributed by atoms with E-state index in [0.29, 0.717) is 6.61 Å². The van der Waals surface area contributed by atoms with Crippen molar-refractivity contribution < 1.29 is 9.53 Å². The molecule has 0 bridgehead atoms.